The summed E-state index contributed by atoms with van der Waals surface area (Å²) in [6.07, 6.45) is -0.641. The average Bonchev–Trinajstić information content (AvgIpc) is 3.03. The fourth-order valence-corrected chi connectivity index (χ4v) is 1.50. The summed E-state index contributed by atoms with van der Waals surface area (Å²) in [5, 5.41) is 22.2. The smallest absolute Gasteiger partial charge is 0.334 e. The molecule has 4 N–H and O–H groups in total. The lowest BCUT2D eigenvalue weighted by Gasteiger charge is -2.08. The maximum atomic E-state index is 11.4. The van der Waals surface area contributed by atoms with Gasteiger partial charge in [-0.3, -0.25) is 9.59 Å². The molecule has 7 heteroatoms. The first-order valence-electron chi connectivity index (χ1n) is 5.87. The third-order valence-corrected chi connectivity index (χ3v) is 2.88. The molecule has 0 aromatic carbocycles. The van der Waals surface area contributed by atoms with Crippen molar-refractivity contribution < 1.29 is 24.6 Å². The van der Waals surface area contributed by atoms with Gasteiger partial charge >= 0.3 is 5.97 Å². The summed E-state index contributed by atoms with van der Waals surface area (Å²) in [4.78, 5) is 32.9. The van der Waals surface area contributed by atoms with Gasteiger partial charge < -0.3 is 20.8 Å². The Morgan fingerprint density at radius 2 is 1.94 bits per heavy atom. The van der Waals surface area contributed by atoms with E-state index in [0.717, 1.165) is 6.42 Å². The molecule has 0 aliphatic heterocycles. The van der Waals surface area contributed by atoms with Crippen molar-refractivity contribution in [2.24, 2.45) is 11.8 Å². The minimum atomic E-state index is -1.60. The zero-order valence-corrected chi connectivity index (χ0v) is 10.2. The molecule has 7 nitrogen and oxygen atoms in total. The van der Waals surface area contributed by atoms with Crippen molar-refractivity contribution in [2.75, 3.05) is 13.1 Å². The SMILES string of the molecule is CC1CC1C(=O)NCCC(=O)NCC(O)C(=O)O. The quantitative estimate of drug-likeness (QED) is 0.453. The van der Waals surface area contributed by atoms with Crippen molar-refractivity contribution in [3.63, 3.8) is 0 Å². The van der Waals surface area contributed by atoms with Crippen LogP contribution in [0.5, 0.6) is 0 Å². The van der Waals surface area contributed by atoms with Gasteiger partial charge in [-0.15, -0.1) is 0 Å². The Morgan fingerprint density at radius 3 is 2.44 bits per heavy atom. The van der Waals surface area contributed by atoms with Crippen LogP contribution < -0.4 is 10.6 Å². The Morgan fingerprint density at radius 1 is 1.33 bits per heavy atom. The highest BCUT2D eigenvalue weighted by Crippen LogP contribution is 2.37. The van der Waals surface area contributed by atoms with E-state index in [4.69, 9.17) is 10.2 Å². The Bertz CT molecular complexity index is 344. The van der Waals surface area contributed by atoms with Crippen LogP contribution in [0.15, 0.2) is 0 Å². The molecular weight excluding hydrogens is 240 g/mol. The van der Waals surface area contributed by atoms with Crippen LogP contribution in [0.4, 0.5) is 0 Å². The predicted molar refractivity (Wildman–Crippen MR) is 61.6 cm³/mol. The van der Waals surface area contributed by atoms with Gasteiger partial charge in [0.05, 0.1) is 6.54 Å². The number of carboxylic acid groups (broad SMARTS) is 1. The molecule has 0 spiro atoms. The van der Waals surface area contributed by atoms with E-state index in [-0.39, 0.29) is 31.3 Å². The first kappa shape index (κ1) is 14.4. The molecule has 0 saturated heterocycles. The van der Waals surface area contributed by atoms with Crippen LogP contribution in [-0.2, 0) is 14.4 Å². The second-order valence-corrected chi connectivity index (χ2v) is 4.52. The molecule has 0 heterocycles. The number of carbonyl (C=O) groups excluding carboxylic acids is 2. The van der Waals surface area contributed by atoms with Crippen molar-refractivity contribution in [1.29, 1.82) is 0 Å². The van der Waals surface area contributed by atoms with Crippen molar-refractivity contribution in [3.05, 3.63) is 0 Å². The second kappa shape index (κ2) is 6.34. The van der Waals surface area contributed by atoms with Crippen LogP contribution in [0, 0.1) is 11.8 Å². The lowest BCUT2D eigenvalue weighted by Crippen LogP contribution is -2.38. The third kappa shape index (κ3) is 4.70. The van der Waals surface area contributed by atoms with Crippen LogP contribution in [-0.4, -0.2) is 47.2 Å². The van der Waals surface area contributed by atoms with Crippen molar-refractivity contribution in [1.82, 2.24) is 10.6 Å². The molecule has 0 radical (unpaired) electrons. The number of rotatable bonds is 7. The lowest BCUT2D eigenvalue weighted by molar-refractivity contribution is -0.146. The molecule has 2 amide bonds. The molecule has 1 fully saturated rings. The minimum absolute atomic E-state index is 0.0409. The Kier molecular flexibility index (Phi) is 5.08. The van der Waals surface area contributed by atoms with Crippen LogP contribution in [0.1, 0.15) is 19.8 Å². The molecule has 1 rings (SSSR count). The molecule has 1 aliphatic carbocycles. The number of aliphatic carboxylic acids is 1. The van der Waals surface area contributed by atoms with E-state index in [0.29, 0.717) is 5.92 Å². The van der Waals surface area contributed by atoms with Gasteiger partial charge in [0.1, 0.15) is 0 Å². The largest absolute Gasteiger partial charge is 0.479 e. The molecule has 1 saturated carbocycles. The number of hydrogen-bond acceptors (Lipinski definition) is 4. The Hall–Kier alpha value is -1.63. The predicted octanol–water partition coefficient (Wildman–Crippen LogP) is -1.29. The zero-order valence-electron chi connectivity index (χ0n) is 10.2. The zero-order chi connectivity index (χ0) is 13.7. The van der Waals surface area contributed by atoms with Gasteiger partial charge in [-0.1, -0.05) is 6.92 Å². The summed E-state index contributed by atoms with van der Waals surface area (Å²) in [7, 11) is 0. The van der Waals surface area contributed by atoms with E-state index in [1.807, 2.05) is 6.92 Å². The lowest BCUT2D eigenvalue weighted by atomic mass is 10.3. The van der Waals surface area contributed by atoms with E-state index >= 15 is 0 Å². The van der Waals surface area contributed by atoms with E-state index in [2.05, 4.69) is 10.6 Å². The van der Waals surface area contributed by atoms with E-state index < -0.39 is 18.0 Å². The molecule has 0 aromatic heterocycles. The number of carbonyl (C=O) groups is 3. The maximum absolute atomic E-state index is 11.4. The van der Waals surface area contributed by atoms with Crippen molar-refractivity contribution >= 4 is 17.8 Å². The Balaban J connectivity index is 2.06. The van der Waals surface area contributed by atoms with Gasteiger partial charge in [-0.2, -0.15) is 0 Å². The minimum Gasteiger partial charge on any atom is -0.479 e. The molecule has 102 valence electrons. The van der Waals surface area contributed by atoms with Gasteiger partial charge in [-0.25, -0.2) is 4.79 Å². The van der Waals surface area contributed by atoms with Gasteiger partial charge in [-0.05, 0) is 12.3 Å². The van der Waals surface area contributed by atoms with E-state index in [1.54, 1.807) is 0 Å². The van der Waals surface area contributed by atoms with Crippen LogP contribution in [0.3, 0.4) is 0 Å². The summed E-state index contributed by atoms with van der Waals surface area (Å²) in [5.41, 5.74) is 0. The van der Waals surface area contributed by atoms with E-state index in [9.17, 15) is 14.4 Å². The van der Waals surface area contributed by atoms with Crippen LogP contribution in [0.2, 0.25) is 0 Å². The maximum Gasteiger partial charge on any atom is 0.334 e. The highest BCUT2D eigenvalue weighted by molar-refractivity contribution is 5.82. The van der Waals surface area contributed by atoms with Crippen LogP contribution in [0.25, 0.3) is 0 Å². The van der Waals surface area contributed by atoms with Gasteiger partial charge in [0.25, 0.3) is 0 Å². The summed E-state index contributed by atoms with van der Waals surface area (Å²) < 4.78 is 0. The molecule has 3 atom stereocenters. The molecule has 0 bridgehead atoms. The third-order valence-electron chi connectivity index (χ3n) is 2.88. The summed E-state index contributed by atoms with van der Waals surface area (Å²) >= 11 is 0. The molecule has 1 aliphatic rings. The van der Waals surface area contributed by atoms with E-state index in [1.165, 1.54) is 0 Å². The normalized spacial score (nSPS) is 23.0. The first-order valence-corrected chi connectivity index (χ1v) is 5.87. The summed E-state index contributed by atoms with van der Waals surface area (Å²) in [6, 6.07) is 0. The number of aliphatic hydroxyl groups excluding tert-OH is 1. The summed E-state index contributed by atoms with van der Waals surface area (Å²) in [6.45, 7) is 1.88. The van der Waals surface area contributed by atoms with Gasteiger partial charge in [0.2, 0.25) is 11.8 Å². The Labute approximate surface area is 105 Å². The standard InChI is InChI=1S/C11H18N2O5/c1-6-4-7(6)10(16)12-3-2-9(15)13-5-8(14)11(17)18/h6-8,14H,2-5H2,1H3,(H,12,16)(H,13,15)(H,17,18). The fraction of sp³-hybridized carbons (Fsp3) is 0.727. The first-order chi connectivity index (χ1) is 8.41. The molecule has 0 aromatic rings. The van der Waals surface area contributed by atoms with Crippen molar-refractivity contribution in [3.8, 4) is 0 Å². The number of aliphatic hydroxyl groups is 1. The van der Waals surface area contributed by atoms with Crippen molar-refractivity contribution in [2.45, 2.75) is 25.9 Å². The van der Waals surface area contributed by atoms with Crippen LogP contribution >= 0.6 is 0 Å². The number of hydrogen-bond donors (Lipinski definition) is 4. The van der Waals surface area contributed by atoms with Gasteiger partial charge in [0, 0.05) is 18.9 Å². The number of carboxylic acids is 1. The highest BCUT2D eigenvalue weighted by Gasteiger charge is 2.38. The number of amides is 2. The second-order valence-electron chi connectivity index (χ2n) is 4.52. The fourth-order valence-electron chi connectivity index (χ4n) is 1.50. The topological polar surface area (TPSA) is 116 Å². The summed E-state index contributed by atoms with van der Waals surface area (Å²) in [5.74, 6) is -1.34. The monoisotopic (exact) mass is 258 g/mol. The average molecular weight is 258 g/mol. The van der Waals surface area contributed by atoms with Gasteiger partial charge in [0.15, 0.2) is 6.10 Å². The molecule has 3 unspecified atom stereocenters. The highest BCUT2D eigenvalue weighted by atomic mass is 16.4. The number of nitrogens with one attached hydrogen (secondary N) is 2. The molecule has 18 heavy (non-hydrogen) atoms. The molecular formula is C11H18N2O5.